The van der Waals surface area contributed by atoms with Gasteiger partial charge < -0.3 is 11.1 Å². The van der Waals surface area contributed by atoms with Crippen LogP contribution in [0.4, 0.5) is 5.69 Å². The van der Waals surface area contributed by atoms with E-state index in [9.17, 15) is 4.79 Å². The molecule has 0 aliphatic heterocycles. The Morgan fingerprint density at radius 3 is 2.79 bits per heavy atom. The summed E-state index contributed by atoms with van der Waals surface area (Å²) in [6.07, 6.45) is 3.65. The second-order valence-corrected chi connectivity index (χ2v) is 6.58. The number of carbonyl (C=O) groups excluding carboxylic acids is 1. The first-order chi connectivity index (χ1) is 8.87. The van der Waals surface area contributed by atoms with E-state index < -0.39 is 0 Å². The van der Waals surface area contributed by atoms with Gasteiger partial charge in [0.1, 0.15) is 0 Å². The van der Waals surface area contributed by atoms with Crippen LogP contribution in [-0.4, -0.2) is 11.9 Å². The van der Waals surface area contributed by atoms with Crippen molar-refractivity contribution >= 4 is 11.6 Å². The van der Waals surface area contributed by atoms with Crippen LogP contribution in [-0.2, 0) is 0 Å². The van der Waals surface area contributed by atoms with Crippen molar-refractivity contribution in [1.82, 2.24) is 0 Å². The molecular formula is C16H24N2O. The fourth-order valence-electron chi connectivity index (χ4n) is 3.14. The highest BCUT2D eigenvalue weighted by Crippen LogP contribution is 2.39. The van der Waals surface area contributed by atoms with E-state index >= 15 is 0 Å². The molecule has 1 saturated carbocycles. The summed E-state index contributed by atoms with van der Waals surface area (Å²) >= 11 is 0. The van der Waals surface area contributed by atoms with Crippen LogP contribution in [0.15, 0.2) is 24.3 Å². The maximum Gasteiger partial charge on any atom is 0.248 e. The Kier molecular flexibility index (Phi) is 3.83. The lowest BCUT2D eigenvalue weighted by Gasteiger charge is -2.40. The second kappa shape index (κ2) is 5.24. The maximum atomic E-state index is 11.2. The van der Waals surface area contributed by atoms with Crippen molar-refractivity contribution in [3.8, 4) is 0 Å². The van der Waals surface area contributed by atoms with Crippen molar-refractivity contribution < 1.29 is 4.79 Å². The zero-order valence-electron chi connectivity index (χ0n) is 12.1. The summed E-state index contributed by atoms with van der Waals surface area (Å²) in [5.41, 5.74) is 7.32. The van der Waals surface area contributed by atoms with Crippen LogP contribution in [0.5, 0.6) is 0 Å². The molecule has 0 radical (unpaired) electrons. The standard InChI is InChI=1S/C16H24N2O/c1-11-10-16(2,3)8-7-14(11)18-13-6-4-5-12(9-13)15(17)19/h4-6,9,11,14,18H,7-8,10H2,1-3H3,(H2,17,19). The average molecular weight is 260 g/mol. The minimum absolute atomic E-state index is 0.374. The van der Waals surface area contributed by atoms with Gasteiger partial charge in [-0.05, 0) is 48.8 Å². The zero-order chi connectivity index (χ0) is 14.0. The molecule has 0 heterocycles. The molecule has 1 aliphatic carbocycles. The van der Waals surface area contributed by atoms with Crippen molar-refractivity contribution in [2.45, 2.75) is 46.1 Å². The molecule has 3 heteroatoms. The van der Waals surface area contributed by atoms with Gasteiger partial charge >= 0.3 is 0 Å². The quantitative estimate of drug-likeness (QED) is 0.875. The van der Waals surface area contributed by atoms with Crippen molar-refractivity contribution in [2.75, 3.05) is 5.32 Å². The normalized spacial score (nSPS) is 25.8. The lowest BCUT2D eigenvalue weighted by molar-refractivity contribution is 0.100. The molecule has 104 valence electrons. The summed E-state index contributed by atoms with van der Waals surface area (Å²) in [5, 5.41) is 3.56. The van der Waals surface area contributed by atoms with E-state index in [1.165, 1.54) is 19.3 Å². The number of rotatable bonds is 3. The maximum absolute atomic E-state index is 11.2. The van der Waals surface area contributed by atoms with Gasteiger partial charge in [0, 0.05) is 17.3 Å². The smallest absolute Gasteiger partial charge is 0.248 e. The highest BCUT2D eigenvalue weighted by Gasteiger charge is 2.32. The van der Waals surface area contributed by atoms with E-state index in [1.54, 1.807) is 6.07 Å². The predicted octanol–water partition coefficient (Wildman–Crippen LogP) is 3.41. The topological polar surface area (TPSA) is 55.1 Å². The Morgan fingerprint density at radius 2 is 2.16 bits per heavy atom. The van der Waals surface area contributed by atoms with Gasteiger partial charge in [-0.25, -0.2) is 0 Å². The number of carbonyl (C=O) groups is 1. The van der Waals surface area contributed by atoms with Crippen LogP contribution in [0, 0.1) is 11.3 Å². The molecule has 1 aliphatic rings. The first kappa shape index (κ1) is 13.9. The molecule has 19 heavy (non-hydrogen) atoms. The van der Waals surface area contributed by atoms with Crippen LogP contribution < -0.4 is 11.1 Å². The highest BCUT2D eigenvalue weighted by atomic mass is 16.1. The summed E-state index contributed by atoms with van der Waals surface area (Å²) in [6.45, 7) is 6.98. The molecule has 2 rings (SSSR count). The fraction of sp³-hybridized carbons (Fsp3) is 0.562. The molecule has 3 nitrogen and oxygen atoms in total. The highest BCUT2D eigenvalue weighted by molar-refractivity contribution is 5.93. The molecule has 0 spiro atoms. The molecule has 1 aromatic carbocycles. The van der Waals surface area contributed by atoms with Crippen LogP contribution in [0.25, 0.3) is 0 Å². The van der Waals surface area contributed by atoms with E-state index in [4.69, 9.17) is 5.73 Å². The van der Waals surface area contributed by atoms with Gasteiger partial charge in [-0.15, -0.1) is 0 Å². The number of primary amides is 1. The van der Waals surface area contributed by atoms with Crippen molar-refractivity contribution in [2.24, 2.45) is 17.1 Å². The van der Waals surface area contributed by atoms with E-state index in [0.29, 0.717) is 22.9 Å². The number of nitrogens with one attached hydrogen (secondary N) is 1. The first-order valence-corrected chi connectivity index (χ1v) is 7.04. The lowest BCUT2D eigenvalue weighted by atomic mass is 9.70. The predicted molar refractivity (Wildman–Crippen MR) is 79.2 cm³/mol. The SMILES string of the molecule is CC1CC(C)(C)CCC1Nc1cccc(C(N)=O)c1. The summed E-state index contributed by atoms with van der Waals surface area (Å²) in [5.74, 6) is 0.266. The lowest BCUT2D eigenvalue weighted by Crippen LogP contribution is -2.36. The van der Waals surface area contributed by atoms with E-state index in [2.05, 4.69) is 26.1 Å². The number of hydrogen-bond acceptors (Lipinski definition) is 2. The summed E-state index contributed by atoms with van der Waals surface area (Å²) in [4.78, 5) is 11.2. The van der Waals surface area contributed by atoms with Crippen molar-refractivity contribution in [1.29, 1.82) is 0 Å². The van der Waals surface area contributed by atoms with E-state index in [0.717, 1.165) is 5.69 Å². The minimum atomic E-state index is -0.374. The number of benzene rings is 1. The van der Waals surface area contributed by atoms with Gasteiger partial charge in [0.15, 0.2) is 0 Å². The molecule has 0 aromatic heterocycles. The molecular weight excluding hydrogens is 236 g/mol. The summed E-state index contributed by atoms with van der Waals surface area (Å²) in [6, 6.07) is 7.95. The third-order valence-corrected chi connectivity index (χ3v) is 4.19. The number of nitrogens with two attached hydrogens (primary N) is 1. The van der Waals surface area contributed by atoms with Gasteiger partial charge in [-0.1, -0.05) is 26.8 Å². The van der Waals surface area contributed by atoms with Crippen LogP contribution in [0.2, 0.25) is 0 Å². The zero-order valence-corrected chi connectivity index (χ0v) is 12.1. The average Bonchev–Trinajstić information content (AvgIpc) is 2.32. The van der Waals surface area contributed by atoms with Gasteiger partial charge in [0.05, 0.1) is 0 Å². The number of anilines is 1. The van der Waals surface area contributed by atoms with Crippen LogP contribution in [0.3, 0.4) is 0 Å². The Morgan fingerprint density at radius 1 is 1.42 bits per heavy atom. The minimum Gasteiger partial charge on any atom is -0.382 e. The van der Waals surface area contributed by atoms with Gasteiger partial charge in [-0.2, -0.15) is 0 Å². The Labute approximate surface area is 115 Å². The van der Waals surface area contributed by atoms with E-state index in [-0.39, 0.29) is 5.91 Å². The third kappa shape index (κ3) is 3.49. The Balaban J connectivity index is 2.05. The molecule has 2 atom stereocenters. The monoisotopic (exact) mass is 260 g/mol. The molecule has 3 N–H and O–H groups in total. The van der Waals surface area contributed by atoms with Crippen molar-refractivity contribution in [3.63, 3.8) is 0 Å². The largest absolute Gasteiger partial charge is 0.382 e. The van der Waals surface area contributed by atoms with Crippen LogP contribution >= 0.6 is 0 Å². The molecule has 1 amide bonds. The second-order valence-electron chi connectivity index (χ2n) is 6.58. The van der Waals surface area contributed by atoms with Gasteiger partial charge in [0.25, 0.3) is 0 Å². The van der Waals surface area contributed by atoms with Crippen LogP contribution in [0.1, 0.15) is 50.4 Å². The van der Waals surface area contributed by atoms with E-state index in [1.807, 2.05) is 18.2 Å². The molecule has 2 unspecified atom stereocenters. The van der Waals surface area contributed by atoms with Crippen molar-refractivity contribution in [3.05, 3.63) is 29.8 Å². The summed E-state index contributed by atoms with van der Waals surface area (Å²) in [7, 11) is 0. The molecule has 1 aromatic rings. The molecule has 0 bridgehead atoms. The first-order valence-electron chi connectivity index (χ1n) is 7.04. The fourth-order valence-corrected chi connectivity index (χ4v) is 3.14. The number of amides is 1. The number of hydrogen-bond donors (Lipinski definition) is 2. The van der Waals surface area contributed by atoms with Gasteiger partial charge in [-0.3, -0.25) is 4.79 Å². The summed E-state index contributed by atoms with van der Waals surface area (Å²) < 4.78 is 0. The third-order valence-electron chi connectivity index (χ3n) is 4.19. The molecule has 0 saturated heterocycles. The molecule has 1 fully saturated rings. The van der Waals surface area contributed by atoms with Gasteiger partial charge in [0.2, 0.25) is 5.91 Å². The Bertz CT molecular complexity index is 468. The Hall–Kier alpha value is -1.51.